The average Bonchev–Trinajstić information content (AvgIpc) is 3.92. The summed E-state index contributed by atoms with van der Waals surface area (Å²) in [6.07, 6.45) is 4.75. The molecule has 7 amide bonds. The molecule has 3 heterocycles. The zero-order valence-electron chi connectivity index (χ0n) is 35.8. The number of guanidine groups is 1. The van der Waals surface area contributed by atoms with Crippen molar-refractivity contribution in [3.8, 4) is 0 Å². The van der Waals surface area contributed by atoms with Gasteiger partial charge in [-0.15, -0.1) is 0 Å². The number of amides is 7. The lowest BCUT2D eigenvalue weighted by Gasteiger charge is -2.31. The van der Waals surface area contributed by atoms with Gasteiger partial charge in [-0.05, 0) is 81.5 Å². The molecule has 2 aliphatic rings. The van der Waals surface area contributed by atoms with Crippen molar-refractivity contribution in [1.29, 1.82) is 5.41 Å². The van der Waals surface area contributed by atoms with Gasteiger partial charge < -0.3 is 58.6 Å². The van der Waals surface area contributed by atoms with Crippen molar-refractivity contribution in [2.24, 2.45) is 11.5 Å². The number of rotatable bonds is 15. The highest BCUT2D eigenvalue weighted by Gasteiger charge is 2.40. The number of fused-ring (bicyclic) bond motifs is 2. The Morgan fingerprint density at radius 1 is 0.841 bits per heavy atom. The molecule has 2 fully saturated rings. The predicted molar refractivity (Wildman–Crippen MR) is 237 cm³/mol. The number of para-hydroxylation sites is 1. The Morgan fingerprint density at radius 3 is 2.27 bits per heavy atom. The maximum atomic E-state index is 14.5. The summed E-state index contributed by atoms with van der Waals surface area (Å²) in [6, 6.07) is 10.2. The Hall–Kier alpha value is -6.50. The molecule has 0 aliphatic carbocycles. The number of nitrogens with two attached hydrogens (primary N) is 2. The van der Waals surface area contributed by atoms with Gasteiger partial charge in [-0.3, -0.25) is 39.0 Å². The third kappa shape index (κ3) is 14.0. The third-order valence-corrected chi connectivity index (χ3v) is 11.3. The summed E-state index contributed by atoms with van der Waals surface area (Å²) in [6.45, 7) is 2.17. The number of benzene rings is 2. The Bertz CT molecular complexity index is 2080. The number of hydrogen-bond acceptors (Lipinski definition) is 9. The van der Waals surface area contributed by atoms with E-state index in [1.165, 1.54) is 11.8 Å². The SMILES string of the molecule is CC(=O)N[C@@H](Cc1ccccc1)C(=O)N[C@H]1CCCNC(=O)[C@H](CCCNC(=N)N)NC(=O)[C@H](Cc2c[nH]c3ccccc23)NC(=O)[C@@H](CCCCN)NC(=O)[C@@H]2CCCN2C1=O. The number of nitrogens with one attached hydrogen (secondary N) is 9. The van der Waals surface area contributed by atoms with Gasteiger partial charge in [0.15, 0.2) is 5.96 Å². The molecular weight excluding hydrogens is 809 g/mol. The highest BCUT2D eigenvalue weighted by atomic mass is 16.2. The van der Waals surface area contributed by atoms with Crippen LogP contribution in [0.4, 0.5) is 0 Å². The Balaban J connectivity index is 1.46. The van der Waals surface area contributed by atoms with E-state index in [1.54, 1.807) is 6.20 Å². The largest absolute Gasteiger partial charge is 0.370 e. The first-order valence-electron chi connectivity index (χ1n) is 21.8. The van der Waals surface area contributed by atoms with Crippen LogP contribution < -0.4 is 48.7 Å². The van der Waals surface area contributed by atoms with E-state index in [9.17, 15) is 33.6 Å². The molecule has 63 heavy (non-hydrogen) atoms. The van der Waals surface area contributed by atoms with Gasteiger partial charge in [0.05, 0.1) is 0 Å². The van der Waals surface area contributed by atoms with Crippen molar-refractivity contribution < 1.29 is 33.6 Å². The van der Waals surface area contributed by atoms with Crippen molar-refractivity contribution >= 4 is 58.2 Å². The van der Waals surface area contributed by atoms with E-state index in [4.69, 9.17) is 16.9 Å². The van der Waals surface area contributed by atoms with E-state index in [0.29, 0.717) is 38.6 Å². The fourth-order valence-electron chi connectivity index (χ4n) is 8.08. The lowest BCUT2D eigenvalue weighted by atomic mass is 10.0. The van der Waals surface area contributed by atoms with Crippen LogP contribution in [0.2, 0.25) is 0 Å². The van der Waals surface area contributed by atoms with Gasteiger partial charge in [-0.1, -0.05) is 48.5 Å². The molecule has 340 valence electrons. The molecule has 19 heteroatoms. The quantitative estimate of drug-likeness (QED) is 0.0538. The Morgan fingerprint density at radius 2 is 1.52 bits per heavy atom. The summed E-state index contributed by atoms with van der Waals surface area (Å²) in [7, 11) is 0. The number of nitrogens with zero attached hydrogens (tertiary/aromatic N) is 1. The minimum Gasteiger partial charge on any atom is -0.370 e. The highest BCUT2D eigenvalue weighted by molar-refractivity contribution is 5.98. The first-order valence-corrected chi connectivity index (χ1v) is 21.8. The maximum Gasteiger partial charge on any atom is 0.245 e. The number of aromatic nitrogens is 1. The third-order valence-electron chi connectivity index (χ3n) is 11.3. The van der Waals surface area contributed by atoms with Crippen molar-refractivity contribution in [2.75, 3.05) is 26.2 Å². The molecule has 2 aliphatic heterocycles. The van der Waals surface area contributed by atoms with Gasteiger partial charge in [-0.25, -0.2) is 0 Å². The minimum atomic E-state index is -1.17. The van der Waals surface area contributed by atoms with Crippen LogP contribution in [0.1, 0.15) is 75.8 Å². The Labute approximate surface area is 366 Å². The van der Waals surface area contributed by atoms with Crippen LogP contribution in [-0.4, -0.2) is 120 Å². The molecule has 5 rings (SSSR count). The summed E-state index contributed by atoms with van der Waals surface area (Å²) in [4.78, 5) is 102. The molecular formula is C44H62N12O7. The summed E-state index contributed by atoms with van der Waals surface area (Å²) < 4.78 is 0. The molecule has 3 aromatic rings. The van der Waals surface area contributed by atoms with E-state index >= 15 is 0 Å². The van der Waals surface area contributed by atoms with E-state index < -0.39 is 77.6 Å². The fraction of sp³-hybridized carbons (Fsp3) is 0.500. The van der Waals surface area contributed by atoms with Crippen LogP contribution in [0.3, 0.4) is 0 Å². The number of carbonyl (C=O) groups is 7. The predicted octanol–water partition coefficient (Wildman–Crippen LogP) is -0.310. The first kappa shape index (κ1) is 47.5. The lowest BCUT2D eigenvalue weighted by molar-refractivity contribution is -0.142. The summed E-state index contributed by atoms with van der Waals surface area (Å²) in [5.74, 6) is -4.12. The molecule has 2 saturated heterocycles. The van der Waals surface area contributed by atoms with Crippen LogP contribution in [0.5, 0.6) is 0 Å². The van der Waals surface area contributed by atoms with Gasteiger partial charge in [-0.2, -0.15) is 0 Å². The summed E-state index contributed by atoms with van der Waals surface area (Å²) in [5.41, 5.74) is 13.6. The zero-order valence-corrected chi connectivity index (χ0v) is 35.8. The molecule has 0 bridgehead atoms. The van der Waals surface area contributed by atoms with Crippen LogP contribution in [0, 0.1) is 5.41 Å². The van der Waals surface area contributed by atoms with E-state index in [1.807, 2.05) is 54.6 Å². The number of carbonyl (C=O) groups excluding carboxylic acids is 7. The van der Waals surface area contributed by atoms with E-state index in [0.717, 1.165) is 22.0 Å². The van der Waals surface area contributed by atoms with Crippen molar-refractivity contribution in [3.05, 3.63) is 71.9 Å². The number of aromatic amines is 1. The minimum absolute atomic E-state index is 0.0530. The van der Waals surface area contributed by atoms with Gasteiger partial charge in [0, 0.05) is 56.5 Å². The van der Waals surface area contributed by atoms with E-state index in [-0.39, 0.29) is 64.1 Å². The molecule has 19 nitrogen and oxygen atoms in total. The maximum absolute atomic E-state index is 14.5. The van der Waals surface area contributed by atoms with Gasteiger partial charge in [0.1, 0.15) is 36.3 Å². The van der Waals surface area contributed by atoms with Gasteiger partial charge >= 0.3 is 0 Å². The lowest BCUT2D eigenvalue weighted by Crippen LogP contribution is -2.60. The zero-order chi connectivity index (χ0) is 45.3. The number of H-pyrrole nitrogens is 1. The standard InChI is InChI=1S/C44H62N12O7/c1-27(57)51-35(24-28-12-3-2-4-13-28)40(60)54-34-18-10-21-48-38(58)32(17-9-22-49-44(46)47)52-41(61)36(25-29-26-50-31-15-6-5-14-30(29)31)55-39(59)33(16-7-8-20-45)53-42(62)37-19-11-23-56(37)43(34)63/h2-6,12-15,26,32-37,50H,7-11,16-25,45H2,1H3,(H,48,58)(H,51,57)(H,52,61)(H,53,62)(H,54,60)(H,55,59)(H4,46,47,49)/t32-,33+,34-,35-,36-,37-/m0/s1. The second-order valence-electron chi connectivity index (χ2n) is 16.1. The van der Waals surface area contributed by atoms with Crippen molar-refractivity contribution in [1.82, 2.24) is 47.1 Å². The van der Waals surface area contributed by atoms with Crippen molar-refractivity contribution in [3.63, 3.8) is 0 Å². The molecule has 0 saturated carbocycles. The summed E-state index contributed by atoms with van der Waals surface area (Å²) >= 11 is 0. The van der Waals surface area contributed by atoms with Crippen molar-refractivity contribution in [2.45, 2.75) is 114 Å². The van der Waals surface area contributed by atoms with Crippen LogP contribution in [0.15, 0.2) is 60.8 Å². The normalized spacial score (nSPS) is 22.0. The topological polar surface area (TPSA) is 299 Å². The molecule has 6 atom stereocenters. The van der Waals surface area contributed by atoms with Crippen LogP contribution in [-0.2, 0) is 46.4 Å². The monoisotopic (exact) mass is 870 g/mol. The van der Waals surface area contributed by atoms with Gasteiger partial charge in [0.2, 0.25) is 41.4 Å². The highest BCUT2D eigenvalue weighted by Crippen LogP contribution is 2.22. The molecule has 0 spiro atoms. The van der Waals surface area contributed by atoms with Crippen LogP contribution >= 0.6 is 0 Å². The molecule has 2 aromatic carbocycles. The molecule has 0 unspecified atom stereocenters. The van der Waals surface area contributed by atoms with E-state index in [2.05, 4.69) is 42.2 Å². The number of hydrogen-bond donors (Lipinski definition) is 11. The Kier molecular flexibility index (Phi) is 17.8. The molecule has 13 N–H and O–H groups in total. The fourth-order valence-corrected chi connectivity index (χ4v) is 8.08. The average molecular weight is 871 g/mol. The molecule has 0 radical (unpaired) electrons. The van der Waals surface area contributed by atoms with Crippen LogP contribution in [0.25, 0.3) is 10.9 Å². The number of unbranched alkanes of at least 4 members (excludes halogenated alkanes) is 1. The molecule has 1 aromatic heterocycles. The summed E-state index contributed by atoms with van der Waals surface area (Å²) in [5, 5.41) is 28.0. The smallest absolute Gasteiger partial charge is 0.245 e. The second kappa shape index (κ2) is 23.6. The second-order valence-corrected chi connectivity index (χ2v) is 16.1. The first-order chi connectivity index (χ1) is 30.3. The van der Waals surface area contributed by atoms with Gasteiger partial charge in [0.25, 0.3) is 0 Å².